The van der Waals surface area contributed by atoms with Crippen molar-refractivity contribution in [1.82, 2.24) is 0 Å². The summed E-state index contributed by atoms with van der Waals surface area (Å²) < 4.78 is 33.5. The van der Waals surface area contributed by atoms with Gasteiger partial charge in [-0.15, -0.1) is 0 Å². The van der Waals surface area contributed by atoms with Crippen LogP contribution in [0.15, 0.2) is 59.5 Å². The van der Waals surface area contributed by atoms with Gasteiger partial charge >= 0.3 is 0 Å². The second-order valence-corrected chi connectivity index (χ2v) is 9.34. The van der Waals surface area contributed by atoms with Crippen LogP contribution < -0.4 is 9.46 Å². The van der Waals surface area contributed by atoms with Crippen LogP contribution in [0.2, 0.25) is 15.1 Å². The highest BCUT2D eigenvalue weighted by molar-refractivity contribution is 7.92. The molecule has 0 fully saturated rings. The first-order chi connectivity index (χ1) is 15.0. The molecule has 0 amide bonds. The summed E-state index contributed by atoms with van der Waals surface area (Å²) in [6.07, 6.45) is 0. The number of hydrogen-bond acceptors (Lipinski definition) is 6. The summed E-state index contributed by atoms with van der Waals surface area (Å²) in [6, 6.07) is 11.8. The van der Waals surface area contributed by atoms with E-state index in [2.05, 4.69) is 4.72 Å². The third-order valence-corrected chi connectivity index (χ3v) is 6.36. The van der Waals surface area contributed by atoms with Gasteiger partial charge in [-0.25, -0.2) is 8.42 Å². The van der Waals surface area contributed by atoms with Crippen LogP contribution in [0.4, 0.5) is 11.4 Å². The number of nitro groups is 1. The lowest BCUT2D eigenvalue weighted by Crippen LogP contribution is -2.13. The lowest BCUT2D eigenvalue weighted by molar-refractivity contribution is -0.384. The third kappa shape index (κ3) is 5.31. The van der Waals surface area contributed by atoms with Crippen molar-refractivity contribution in [2.24, 2.45) is 0 Å². The van der Waals surface area contributed by atoms with E-state index in [1.165, 1.54) is 31.2 Å². The number of ether oxygens (including phenoxy) is 1. The van der Waals surface area contributed by atoms with Crippen molar-refractivity contribution < 1.29 is 22.9 Å². The van der Waals surface area contributed by atoms with Gasteiger partial charge in [-0.05, 0) is 37.3 Å². The third-order valence-electron chi connectivity index (χ3n) is 4.14. The molecule has 0 heterocycles. The lowest BCUT2D eigenvalue weighted by atomic mass is 10.1. The number of nitrogens with zero attached hydrogens (tertiary/aromatic N) is 1. The number of nitro benzene ring substituents is 1. The molecule has 0 bridgehead atoms. The van der Waals surface area contributed by atoms with E-state index in [4.69, 9.17) is 39.5 Å². The first-order valence-electron chi connectivity index (χ1n) is 8.72. The van der Waals surface area contributed by atoms with Crippen LogP contribution in [0.25, 0.3) is 0 Å². The van der Waals surface area contributed by atoms with E-state index in [1.807, 2.05) is 0 Å². The zero-order chi connectivity index (χ0) is 23.6. The molecule has 3 aromatic rings. The summed E-state index contributed by atoms with van der Waals surface area (Å²) in [5, 5.41) is 10.5. The maximum absolute atomic E-state index is 12.8. The van der Waals surface area contributed by atoms with Crippen LogP contribution in [-0.4, -0.2) is 19.1 Å². The number of sulfonamides is 1. The molecule has 3 rings (SSSR count). The highest BCUT2D eigenvalue weighted by Gasteiger charge is 2.21. The number of hydrogen-bond donors (Lipinski definition) is 1. The highest BCUT2D eigenvalue weighted by atomic mass is 35.5. The minimum atomic E-state index is -4.10. The van der Waals surface area contributed by atoms with E-state index in [0.29, 0.717) is 5.56 Å². The number of Topliss-reactive ketones (excluding diaryl/α,β-unsaturated/α-hetero) is 1. The van der Waals surface area contributed by atoms with E-state index in [-0.39, 0.29) is 48.6 Å². The number of non-ortho nitro benzene ring substituents is 1. The molecule has 0 spiro atoms. The van der Waals surface area contributed by atoms with E-state index < -0.39 is 14.9 Å². The van der Waals surface area contributed by atoms with Crippen LogP contribution in [0.5, 0.6) is 11.5 Å². The summed E-state index contributed by atoms with van der Waals surface area (Å²) in [6.45, 7) is 1.36. The molecule has 0 aliphatic carbocycles. The molecule has 0 aliphatic heterocycles. The second kappa shape index (κ2) is 9.33. The largest absolute Gasteiger partial charge is 0.453 e. The molecule has 0 aromatic heterocycles. The van der Waals surface area contributed by atoms with Crippen molar-refractivity contribution in [2.75, 3.05) is 4.72 Å². The van der Waals surface area contributed by atoms with Crippen LogP contribution in [-0.2, 0) is 10.0 Å². The first-order valence-corrected chi connectivity index (χ1v) is 11.3. The Morgan fingerprint density at radius 2 is 1.66 bits per heavy atom. The number of rotatable bonds is 7. The fraction of sp³-hybridized carbons (Fsp3) is 0.0500. The molecular formula is C20H13Cl3N2O6S. The fourth-order valence-corrected chi connectivity index (χ4v) is 4.61. The molecule has 0 saturated heterocycles. The zero-order valence-electron chi connectivity index (χ0n) is 16.1. The first kappa shape index (κ1) is 23.8. The molecule has 8 nitrogen and oxygen atoms in total. The van der Waals surface area contributed by atoms with Gasteiger partial charge in [0.05, 0.1) is 24.9 Å². The predicted octanol–water partition coefficient (Wildman–Crippen LogP) is 6.35. The highest BCUT2D eigenvalue weighted by Crippen LogP contribution is 2.41. The minimum absolute atomic E-state index is 0.0378. The summed E-state index contributed by atoms with van der Waals surface area (Å²) in [5.41, 5.74) is 0.286. The van der Waals surface area contributed by atoms with Crippen molar-refractivity contribution in [3.8, 4) is 11.5 Å². The van der Waals surface area contributed by atoms with Crippen molar-refractivity contribution in [3.05, 3.63) is 85.3 Å². The molecule has 3 aromatic carbocycles. The van der Waals surface area contributed by atoms with Gasteiger partial charge in [0.2, 0.25) is 0 Å². The Kier molecular flexibility index (Phi) is 6.94. The van der Waals surface area contributed by atoms with Crippen LogP contribution >= 0.6 is 34.8 Å². The Morgan fingerprint density at radius 3 is 2.22 bits per heavy atom. The number of halogens is 3. The van der Waals surface area contributed by atoms with Gasteiger partial charge in [-0.2, -0.15) is 0 Å². The Hall–Kier alpha value is -2.85. The van der Waals surface area contributed by atoms with Gasteiger partial charge in [0.1, 0.15) is 5.75 Å². The van der Waals surface area contributed by atoms with Gasteiger partial charge < -0.3 is 4.74 Å². The molecule has 32 heavy (non-hydrogen) atoms. The van der Waals surface area contributed by atoms with Gasteiger partial charge in [-0.1, -0.05) is 46.9 Å². The van der Waals surface area contributed by atoms with Crippen LogP contribution in [0, 0.1) is 10.1 Å². The smallest absolute Gasteiger partial charge is 0.271 e. The zero-order valence-corrected chi connectivity index (χ0v) is 19.2. The molecule has 0 aliphatic rings. The minimum Gasteiger partial charge on any atom is -0.453 e. The van der Waals surface area contributed by atoms with Gasteiger partial charge in [0.25, 0.3) is 15.7 Å². The predicted molar refractivity (Wildman–Crippen MR) is 122 cm³/mol. The molecule has 0 radical (unpaired) electrons. The lowest BCUT2D eigenvalue weighted by Gasteiger charge is -2.14. The molecule has 0 saturated carbocycles. The molecular weight excluding hydrogens is 503 g/mol. The van der Waals surface area contributed by atoms with E-state index in [0.717, 1.165) is 18.2 Å². The molecule has 12 heteroatoms. The standard InChI is InChI=1S/C20H13Cl3N2O6S/c1-11(26)12-3-2-4-13(7-12)24-32(29,30)15-9-17(22)20(18(23)10-15)31-19-6-5-14(25(27)28)8-16(19)21/h2-10,24H,1H3. The Labute approximate surface area is 197 Å². The summed E-state index contributed by atoms with van der Waals surface area (Å²) in [4.78, 5) is 21.5. The van der Waals surface area contributed by atoms with E-state index in [9.17, 15) is 23.3 Å². The number of nitrogens with one attached hydrogen (secondary N) is 1. The normalized spacial score (nSPS) is 11.1. The van der Waals surface area contributed by atoms with Crippen molar-refractivity contribution in [2.45, 2.75) is 11.8 Å². The summed E-state index contributed by atoms with van der Waals surface area (Å²) in [7, 11) is -4.10. The Bertz CT molecular complexity index is 1320. The topological polar surface area (TPSA) is 116 Å². The maximum atomic E-state index is 12.8. The quantitative estimate of drug-likeness (QED) is 0.223. The van der Waals surface area contributed by atoms with Gasteiger partial charge in [0, 0.05) is 23.4 Å². The summed E-state index contributed by atoms with van der Waals surface area (Å²) in [5.74, 6) is -0.263. The van der Waals surface area contributed by atoms with E-state index in [1.54, 1.807) is 12.1 Å². The average Bonchev–Trinajstić information content (AvgIpc) is 2.71. The number of carbonyl (C=O) groups excluding carboxylic acids is 1. The molecule has 0 atom stereocenters. The van der Waals surface area contributed by atoms with E-state index >= 15 is 0 Å². The number of carbonyl (C=O) groups is 1. The molecule has 1 N–H and O–H groups in total. The fourth-order valence-electron chi connectivity index (χ4n) is 2.60. The Balaban J connectivity index is 1.90. The van der Waals surface area contributed by atoms with Crippen LogP contribution in [0.3, 0.4) is 0 Å². The number of benzene rings is 3. The summed E-state index contributed by atoms with van der Waals surface area (Å²) >= 11 is 18.4. The number of anilines is 1. The monoisotopic (exact) mass is 514 g/mol. The van der Waals surface area contributed by atoms with Gasteiger partial charge in [0.15, 0.2) is 11.5 Å². The van der Waals surface area contributed by atoms with Gasteiger partial charge in [-0.3, -0.25) is 19.6 Å². The van der Waals surface area contributed by atoms with Crippen molar-refractivity contribution in [3.63, 3.8) is 0 Å². The molecule has 166 valence electrons. The number of ketones is 1. The van der Waals surface area contributed by atoms with Crippen molar-refractivity contribution >= 4 is 62.0 Å². The average molecular weight is 516 g/mol. The maximum Gasteiger partial charge on any atom is 0.271 e. The molecule has 0 unspecified atom stereocenters. The second-order valence-electron chi connectivity index (χ2n) is 6.43. The SMILES string of the molecule is CC(=O)c1cccc(NS(=O)(=O)c2cc(Cl)c(Oc3ccc([N+](=O)[O-])cc3Cl)c(Cl)c2)c1. The Morgan fingerprint density at radius 1 is 1.00 bits per heavy atom. The van der Waals surface area contributed by atoms with Crippen LogP contribution in [0.1, 0.15) is 17.3 Å². The van der Waals surface area contributed by atoms with Crippen molar-refractivity contribution in [1.29, 1.82) is 0 Å².